The summed E-state index contributed by atoms with van der Waals surface area (Å²) in [5.41, 5.74) is 0.786. The summed E-state index contributed by atoms with van der Waals surface area (Å²) < 4.78 is 0. The highest BCUT2D eigenvalue weighted by Gasteiger charge is 2.17. The first kappa shape index (κ1) is 14.0. The van der Waals surface area contributed by atoms with Gasteiger partial charge in [-0.3, -0.25) is 4.79 Å². The van der Waals surface area contributed by atoms with Crippen molar-refractivity contribution in [1.29, 1.82) is 0 Å². The van der Waals surface area contributed by atoms with Gasteiger partial charge < -0.3 is 14.9 Å². The fourth-order valence-corrected chi connectivity index (χ4v) is 1.60. The number of benzene rings is 1. The number of hydrogen-bond acceptors (Lipinski definition) is 3. The predicted molar refractivity (Wildman–Crippen MR) is 70.0 cm³/mol. The maximum Gasteiger partial charge on any atom is 0.337 e. The Hall–Kier alpha value is -2.04. The Kier molecular flexibility index (Phi) is 4.71. The average molecular weight is 250 g/mol. The second-order valence-electron chi connectivity index (χ2n) is 4.12. The van der Waals surface area contributed by atoms with E-state index in [9.17, 15) is 9.59 Å². The Morgan fingerprint density at radius 3 is 2.33 bits per heavy atom. The van der Waals surface area contributed by atoms with Crippen LogP contribution in [0.5, 0.6) is 0 Å². The Bertz CT molecular complexity index is 444. The van der Waals surface area contributed by atoms with Gasteiger partial charge in [0.25, 0.3) is 0 Å². The third-order valence-electron chi connectivity index (χ3n) is 2.68. The first-order chi connectivity index (χ1) is 8.47. The molecule has 5 nitrogen and oxygen atoms in total. The molecule has 0 heterocycles. The summed E-state index contributed by atoms with van der Waals surface area (Å²) in [5, 5.41) is 9.13. The van der Waals surface area contributed by atoms with Gasteiger partial charge in [0.05, 0.1) is 17.8 Å². The lowest BCUT2D eigenvalue weighted by Crippen LogP contribution is -2.37. The molecule has 0 spiro atoms. The number of amides is 1. The Balaban J connectivity index is 3.02. The molecule has 1 aromatic rings. The van der Waals surface area contributed by atoms with Crippen LogP contribution in [0.2, 0.25) is 0 Å². The zero-order chi connectivity index (χ0) is 13.7. The van der Waals surface area contributed by atoms with Crippen molar-refractivity contribution in [3.63, 3.8) is 0 Å². The van der Waals surface area contributed by atoms with Crippen molar-refractivity contribution in [1.82, 2.24) is 4.90 Å². The first-order valence-corrected chi connectivity index (χ1v) is 5.74. The number of carboxylic acids is 1. The largest absolute Gasteiger partial charge is 0.478 e. The maximum atomic E-state index is 11.7. The van der Waals surface area contributed by atoms with E-state index >= 15 is 0 Å². The molecule has 98 valence electrons. The highest BCUT2D eigenvalue weighted by atomic mass is 16.4. The van der Waals surface area contributed by atoms with Crippen LogP contribution in [0, 0.1) is 0 Å². The van der Waals surface area contributed by atoms with Crippen LogP contribution in [0.15, 0.2) is 24.3 Å². The minimum absolute atomic E-state index is 0.0583. The van der Waals surface area contributed by atoms with Crippen LogP contribution in [0.1, 0.15) is 17.3 Å². The van der Waals surface area contributed by atoms with Crippen LogP contribution in [-0.2, 0) is 4.79 Å². The zero-order valence-electron chi connectivity index (χ0n) is 10.9. The zero-order valence-corrected chi connectivity index (χ0v) is 10.9. The lowest BCUT2D eigenvalue weighted by atomic mass is 10.1. The van der Waals surface area contributed by atoms with Gasteiger partial charge in [0.2, 0.25) is 5.91 Å². The van der Waals surface area contributed by atoms with Gasteiger partial charge >= 0.3 is 5.97 Å². The Morgan fingerprint density at radius 1 is 1.22 bits per heavy atom. The maximum absolute atomic E-state index is 11.7. The average Bonchev–Trinajstić information content (AvgIpc) is 2.35. The van der Waals surface area contributed by atoms with Crippen molar-refractivity contribution in [2.75, 3.05) is 32.1 Å². The van der Waals surface area contributed by atoms with Gasteiger partial charge in [0, 0.05) is 20.6 Å². The summed E-state index contributed by atoms with van der Waals surface area (Å²) in [6.07, 6.45) is 0. The third kappa shape index (κ3) is 3.23. The molecule has 1 aromatic carbocycles. The molecule has 0 saturated heterocycles. The predicted octanol–water partition coefficient (Wildman–Crippen LogP) is 1.30. The van der Waals surface area contributed by atoms with Gasteiger partial charge in [-0.15, -0.1) is 0 Å². The highest BCUT2D eigenvalue weighted by molar-refractivity contribution is 5.95. The van der Waals surface area contributed by atoms with Gasteiger partial charge in [0.15, 0.2) is 0 Å². The molecule has 1 amide bonds. The van der Waals surface area contributed by atoms with Crippen molar-refractivity contribution < 1.29 is 14.7 Å². The van der Waals surface area contributed by atoms with Crippen LogP contribution < -0.4 is 4.90 Å². The van der Waals surface area contributed by atoms with Crippen LogP contribution in [0.25, 0.3) is 0 Å². The number of hydrogen-bond donors (Lipinski definition) is 1. The molecule has 0 unspecified atom stereocenters. The number of carboxylic acid groups (broad SMARTS) is 1. The molecule has 18 heavy (non-hydrogen) atoms. The highest BCUT2D eigenvalue weighted by Crippen LogP contribution is 2.20. The number of nitrogens with zero attached hydrogens (tertiary/aromatic N) is 2. The molecular formula is C13H18N2O3. The van der Waals surface area contributed by atoms with Gasteiger partial charge in [-0.25, -0.2) is 4.79 Å². The SMILES string of the molecule is CCN(CC(=O)N(C)C)c1ccccc1C(=O)O. The molecule has 0 saturated carbocycles. The molecule has 0 atom stereocenters. The fraction of sp³-hybridized carbons (Fsp3) is 0.385. The lowest BCUT2D eigenvalue weighted by molar-refractivity contribution is -0.127. The summed E-state index contributed by atoms with van der Waals surface area (Å²) in [4.78, 5) is 26.1. The summed E-state index contributed by atoms with van der Waals surface area (Å²) in [5.74, 6) is -1.04. The minimum atomic E-state index is -0.985. The van der Waals surface area contributed by atoms with Crippen molar-refractivity contribution in [3.05, 3.63) is 29.8 Å². The third-order valence-corrected chi connectivity index (χ3v) is 2.68. The second-order valence-corrected chi connectivity index (χ2v) is 4.12. The number of aromatic carboxylic acids is 1. The number of carbonyl (C=O) groups excluding carboxylic acids is 1. The molecular weight excluding hydrogens is 232 g/mol. The normalized spacial score (nSPS) is 9.94. The molecule has 0 bridgehead atoms. The van der Waals surface area contributed by atoms with E-state index in [2.05, 4.69) is 0 Å². The first-order valence-electron chi connectivity index (χ1n) is 5.74. The Morgan fingerprint density at radius 2 is 1.83 bits per heavy atom. The number of anilines is 1. The smallest absolute Gasteiger partial charge is 0.337 e. The standard InChI is InChI=1S/C13H18N2O3/c1-4-15(9-12(16)14(2)3)11-8-6-5-7-10(11)13(17)18/h5-8H,4,9H2,1-3H3,(H,17,18). The molecule has 1 N–H and O–H groups in total. The van der Waals surface area contributed by atoms with Crippen molar-refractivity contribution in [3.8, 4) is 0 Å². The summed E-state index contributed by atoms with van der Waals surface area (Å²) in [6, 6.07) is 6.70. The summed E-state index contributed by atoms with van der Waals surface area (Å²) >= 11 is 0. The van der Waals surface area contributed by atoms with Gasteiger partial charge in [-0.1, -0.05) is 12.1 Å². The summed E-state index contributed by atoms with van der Waals surface area (Å²) in [7, 11) is 3.36. The number of carbonyl (C=O) groups is 2. The van der Waals surface area contributed by atoms with Crippen LogP contribution in [0.3, 0.4) is 0 Å². The summed E-state index contributed by atoms with van der Waals surface area (Å²) in [6.45, 7) is 2.64. The van der Waals surface area contributed by atoms with E-state index in [1.807, 2.05) is 6.92 Å². The van der Waals surface area contributed by atoms with Crippen LogP contribution >= 0.6 is 0 Å². The van der Waals surface area contributed by atoms with Gasteiger partial charge in [0.1, 0.15) is 0 Å². The topological polar surface area (TPSA) is 60.9 Å². The van der Waals surface area contributed by atoms with Gasteiger partial charge in [-0.2, -0.15) is 0 Å². The van der Waals surface area contributed by atoms with E-state index < -0.39 is 5.97 Å². The molecule has 0 fully saturated rings. The fourth-order valence-electron chi connectivity index (χ4n) is 1.60. The second kappa shape index (κ2) is 6.05. The molecule has 5 heteroatoms. The number of likely N-dealkylation sites (N-methyl/N-ethyl adjacent to an activating group) is 2. The molecule has 1 rings (SSSR count). The molecule has 0 aliphatic heterocycles. The van der Waals surface area contributed by atoms with Crippen molar-refractivity contribution >= 4 is 17.6 Å². The van der Waals surface area contributed by atoms with Crippen LogP contribution in [-0.4, -0.2) is 49.1 Å². The van der Waals surface area contributed by atoms with Crippen molar-refractivity contribution in [2.45, 2.75) is 6.92 Å². The molecule has 0 aliphatic rings. The minimum Gasteiger partial charge on any atom is -0.478 e. The van der Waals surface area contributed by atoms with Crippen LogP contribution in [0.4, 0.5) is 5.69 Å². The van der Waals surface area contributed by atoms with E-state index in [0.717, 1.165) is 0 Å². The van der Waals surface area contributed by atoms with E-state index in [-0.39, 0.29) is 18.0 Å². The monoisotopic (exact) mass is 250 g/mol. The van der Waals surface area contributed by atoms with E-state index in [0.29, 0.717) is 12.2 Å². The number of rotatable bonds is 5. The number of para-hydroxylation sites is 1. The van der Waals surface area contributed by atoms with Gasteiger partial charge in [-0.05, 0) is 19.1 Å². The Labute approximate surface area is 107 Å². The van der Waals surface area contributed by atoms with Crippen molar-refractivity contribution in [2.24, 2.45) is 0 Å². The molecule has 0 radical (unpaired) electrons. The molecule has 0 aromatic heterocycles. The van der Waals surface area contributed by atoms with E-state index in [4.69, 9.17) is 5.11 Å². The molecule has 0 aliphatic carbocycles. The quantitative estimate of drug-likeness (QED) is 0.855. The van der Waals surface area contributed by atoms with E-state index in [1.54, 1.807) is 43.3 Å². The van der Waals surface area contributed by atoms with E-state index in [1.165, 1.54) is 4.90 Å². The lowest BCUT2D eigenvalue weighted by Gasteiger charge is -2.25.